The summed E-state index contributed by atoms with van der Waals surface area (Å²) in [6.45, 7) is 0.618. The Morgan fingerprint density at radius 1 is 1.17 bits per heavy atom. The zero-order chi connectivity index (χ0) is 17.7. The first-order chi connectivity index (χ1) is 11.5. The zero-order valence-corrected chi connectivity index (χ0v) is 14.0. The van der Waals surface area contributed by atoms with E-state index in [1.807, 2.05) is 7.05 Å². The van der Waals surface area contributed by atoms with Crippen molar-refractivity contribution in [1.29, 1.82) is 0 Å². The number of nitrogens with one attached hydrogen (secondary N) is 2. The van der Waals surface area contributed by atoms with Crippen molar-refractivity contribution >= 4 is 0 Å². The highest BCUT2D eigenvalue weighted by Gasteiger charge is 2.41. The summed E-state index contributed by atoms with van der Waals surface area (Å²) in [5.74, 6) is 0. The highest BCUT2D eigenvalue weighted by Crippen LogP contribution is 2.27. The van der Waals surface area contributed by atoms with Crippen LogP contribution in [0.25, 0.3) is 0 Å². The Morgan fingerprint density at radius 2 is 1.92 bits per heavy atom. The van der Waals surface area contributed by atoms with Crippen molar-refractivity contribution in [2.75, 3.05) is 26.7 Å². The molecule has 1 aliphatic heterocycles. The Kier molecular flexibility index (Phi) is 7.79. The van der Waals surface area contributed by atoms with E-state index in [-0.39, 0.29) is 31.7 Å². The SMILES string of the molecule is CNC1CC(N)[C@@H](O[C@@H]2CC(O)[C@H](O)C(CNCCO)O2)C(O)C1. The lowest BCUT2D eigenvalue weighted by molar-refractivity contribution is -0.276. The number of rotatable bonds is 7. The molecule has 0 amide bonds. The molecule has 8 atom stereocenters. The third-order valence-electron chi connectivity index (χ3n) is 4.77. The lowest BCUT2D eigenvalue weighted by Gasteiger charge is -2.42. The molecule has 5 unspecified atom stereocenters. The molecule has 24 heavy (non-hydrogen) atoms. The van der Waals surface area contributed by atoms with Gasteiger partial charge in [-0.25, -0.2) is 0 Å². The standard InChI is InChI=1S/C15H31N3O6/c1-17-8-4-9(16)15(11(21)5-8)24-13-6-10(20)14(22)12(23-13)7-18-2-3-19/h8-15,17-22H,2-7,16H2,1H3/t8?,9?,10?,11?,12?,13-,14+,15-/m1/s1. The van der Waals surface area contributed by atoms with Gasteiger partial charge in [-0.2, -0.15) is 0 Å². The van der Waals surface area contributed by atoms with Crippen LogP contribution in [0.15, 0.2) is 0 Å². The number of hydrogen-bond donors (Lipinski definition) is 7. The fourth-order valence-electron chi connectivity index (χ4n) is 3.37. The molecule has 0 bridgehead atoms. The van der Waals surface area contributed by atoms with Gasteiger partial charge in [-0.15, -0.1) is 0 Å². The molecule has 1 aliphatic carbocycles. The van der Waals surface area contributed by atoms with Crippen molar-refractivity contribution in [3.63, 3.8) is 0 Å². The predicted molar refractivity (Wildman–Crippen MR) is 86.2 cm³/mol. The summed E-state index contributed by atoms with van der Waals surface area (Å²) in [6.07, 6.45) is -3.39. The van der Waals surface area contributed by atoms with E-state index in [0.29, 0.717) is 19.4 Å². The molecular formula is C15H31N3O6. The number of aliphatic hydroxyl groups excluding tert-OH is 4. The Hall–Kier alpha value is -0.360. The third-order valence-corrected chi connectivity index (χ3v) is 4.77. The Labute approximate surface area is 142 Å². The molecule has 1 heterocycles. The van der Waals surface area contributed by atoms with Crippen LogP contribution in [0, 0.1) is 0 Å². The van der Waals surface area contributed by atoms with Crippen LogP contribution in [0.5, 0.6) is 0 Å². The molecule has 9 nitrogen and oxygen atoms in total. The molecule has 2 rings (SSSR count). The maximum atomic E-state index is 10.3. The molecular weight excluding hydrogens is 318 g/mol. The summed E-state index contributed by atoms with van der Waals surface area (Å²) in [5.41, 5.74) is 6.11. The van der Waals surface area contributed by atoms with Gasteiger partial charge in [0.05, 0.1) is 18.8 Å². The molecule has 0 aromatic heterocycles. The summed E-state index contributed by atoms with van der Waals surface area (Å²) < 4.78 is 11.5. The fraction of sp³-hybridized carbons (Fsp3) is 1.00. The van der Waals surface area contributed by atoms with Crippen LogP contribution >= 0.6 is 0 Å². The van der Waals surface area contributed by atoms with Gasteiger partial charge in [0.1, 0.15) is 18.3 Å². The number of nitrogens with two attached hydrogens (primary N) is 1. The van der Waals surface area contributed by atoms with Crippen molar-refractivity contribution in [1.82, 2.24) is 10.6 Å². The first-order valence-corrected chi connectivity index (χ1v) is 8.55. The Morgan fingerprint density at radius 3 is 2.54 bits per heavy atom. The third kappa shape index (κ3) is 5.07. The minimum absolute atomic E-state index is 0.0267. The van der Waals surface area contributed by atoms with E-state index < -0.39 is 36.8 Å². The van der Waals surface area contributed by atoms with Crippen LogP contribution in [-0.2, 0) is 9.47 Å². The van der Waals surface area contributed by atoms with Gasteiger partial charge in [0.2, 0.25) is 0 Å². The molecule has 1 saturated heterocycles. The van der Waals surface area contributed by atoms with Crippen LogP contribution in [0.2, 0.25) is 0 Å². The fourth-order valence-corrected chi connectivity index (χ4v) is 3.37. The smallest absolute Gasteiger partial charge is 0.161 e. The van der Waals surface area contributed by atoms with Gasteiger partial charge in [-0.3, -0.25) is 0 Å². The van der Waals surface area contributed by atoms with Gasteiger partial charge >= 0.3 is 0 Å². The maximum absolute atomic E-state index is 10.3. The van der Waals surface area contributed by atoms with E-state index in [1.54, 1.807) is 0 Å². The highest BCUT2D eigenvalue weighted by molar-refractivity contribution is 4.93. The summed E-state index contributed by atoms with van der Waals surface area (Å²) >= 11 is 0. The van der Waals surface area contributed by atoms with E-state index in [9.17, 15) is 15.3 Å². The molecule has 142 valence electrons. The van der Waals surface area contributed by atoms with Crippen LogP contribution < -0.4 is 16.4 Å². The highest BCUT2D eigenvalue weighted by atomic mass is 16.7. The number of ether oxygens (including phenoxy) is 2. The molecule has 8 N–H and O–H groups in total. The largest absolute Gasteiger partial charge is 0.395 e. The summed E-state index contributed by atoms with van der Waals surface area (Å²) in [6, 6.07) is -0.199. The van der Waals surface area contributed by atoms with Crippen molar-refractivity contribution in [3.05, 3.63) is 0 Å². The normalized spacial score (nSPS) is 43.8. The number of aliphatic hydroxyl groups is 4. The first kappa shape index (κ1) is 20.0. The van der Waals surface area contributed by atoms with Crippen LogP contribution in [0.4, 0.5) is 0 Å². The van der Waals surface area contributed by atoms with Crippen LogP contribution in [-0.4, -0.2) is 96.1 Å². The summed E-state index contributed by atoms with van der Waals surface area (Å²) in [4.78, 5) is 0. The van der Waals surface area contributed by atoms with Gasteiger partial charge in [-0.05, 0) is 19.9 Å². The van der Waals surface area contributed by atoms with Gasteiger partial charge in [0.25, 0.3) is 0 Å². The average Bonchev–Trinajstić information content (AvgIpc) is 2.55. The minimum atomic E-state index is -1.03. The molecule has 1 saturated carbocycles. The maximum Gasteiger partial charge on any atom is 0.161 e. The molecule has 0 aromatic carbocycles. The molecule has 2 fully saturated rings. The van der Waals surface area contributed by atoms with E-state index in [1.165, 1.54) is 0 Å². The average molecular weight is 349 g/mol. The predicted octanol–water partition coefficient (Wildman–Crippen LogP) is -3.14. The monoisotopic (exact) mass is 349 g/mol. The minimum Gasteiger partial charge on any atom is -0.395 e. The van der Waals surface area contributed by atoms with Crippen molar-refractivity contribution in [3.8, 4) is 0 Å². The van der Waals surface area contributed by atoms with Gasteiger partial charge in [0.15, 0.2) is 6.29 Å². The van der Waals surface area contributed by atoms with E-state index in [4.69, 9.17) is 20.3 Å². The lowest BCUT2D eigenvalue weighted by atomic mass is 9.86. The second-order valence-corrected chi connectivity index (χ2v) is 6.61. The molecule has 0 spiro atoms. The second-order valence-electron chi connectivity index (χ2n) is 6.61. The second kappa shape index (κ2) is 9.37. The van der Waals surface area contributed by atoms with Gasteiger partial charge in [0, 0.05) is 31.6 Å². The van der Waals surface area contributed by atoms with E-state index >= 15 is 0 Å². The van der Waals surface area contributed by atoms with Crippen molar-refractivity contribution < 1.29 is 29.9 Å². The zero-order valence-electron chi connectivity index (χ0n) is 14.0. The molecule has 0 radical (unpaired) electrons. The molecule has 2 aliphatic rings. The van der Waals surface area contributed by atoms with E-state index in [2.05, 4.69) is 10.6 Å². The first-order valence-electron chi connectivity index (χ1n) is 8.55. The summed E-state index contributed by atoms with van der Waals surface area (Å²) in [5, 5.41) is 45.1. The Balaban J connectivity index is 1.91. The van der Waals surface area contributed by atoms with Crippen LogP contribution in [0.1, 0.15) is 19.3 Å². The van der Waals surface area contributed by atoms with Crippen LogP contribution in [0.3, 0.4) is 0 Å². The lowest BCUT2D eigenvalue weighted by Crippen LogP contribution is -2.58. The van der Waals surface area contributed by atoms with Crippen molar-refractivity contribution in [2.24, 2.45) is 5.73 Å². The topological polar surface area (TPSA) is 149 Å². The van der Waals surface area contributed by atoms with E-state index in [0.717, 1.165) is 0 Å². The van der Waals surface area contributed by atoms with Gasteiger partial charge < -0.3 is 46.3 Å². The summed E-state index contributed by atoms with van der Waals surface area (Å²) in [7, 11) is 1.83. The quantitative estimate of drug-likeness (QED) is 0.237. The van der Waals surface area contributed by atoms with Gasteiger partial charge in [-0.1, -0.05) is 0 Å². The Bertz CT molecular complexity index is 365. The molecule has 0 aromatic rings. The van der Waals surface area contributed by atoms with Crippen molar-refractivity contribution in [2.45, 2.75) is 68.2 Å². The molecule has 9 heteroatoms. The number of hydrogen-bond acceptors (Lipinski definition) is 9.